The van der Waals surface area contributed by atoms with Crippen LogP contribution in [-0.4, -0.2) is 16.4 Å². The summed E-state index contributed by atoms with van der Waals surface area (Å²) in [6.45, 7) is 9.43. The summed E-state index contributed by atoms with van der Waals surface area (Å²) in [6.07, 6.45) is 0. The van der Waals surface area contributed by atoms with Gasteiger partial charge in [-0.15, -0.1) is 10.3 Å². The highest BCUT2D eigenvalue weighted by molar-refractivity contribution is 7.49. The monoisotopic (exact) mass is 236 g/mol. The fourth-order valence-electron chi connectivity index (χ4n) is 1.32. The van der Waals surface area contributed by atoms with Crippen LogP contribution >= 0.6 is 7.60 Å². The number of rotatable bonds is 2. The summed E-state index contributed by atoms with van der Waals surface area (Å²) >= 11 is 0. The van der Waals surface area contributed by atoms with Crippen molar-refractivity contribution in [2.45, 2.75) is 52.9 Å². The van der Waals surface area contributed by atoms with Gasteiger partial charge in [-0.1, -0.05) is 20.8 Å². The maximum Gasteiger partial charge on any atom is 0.0710 e. The third kappa shape index (κ3) is 4.21. The topological polar surface area (TPSA) is 86.3 Å². The van der Waals surface area contributed by atoms with E-state index >= 15 is 0 Å². The van der Waals surface area contributed by atoms with Crippen LogP contribution in [0.1, 0.15) is 41.5 Å². The van der Waals surface area contributed by atoms with Crippen molar-refractivity contribution in [3.05, 3.63) is 0 Å². The standard InChI is InChI=1S/C9H21NO4P/c1-8(2,3)7(15(12,13)14)10(11)9(4,5)6/h7H,1-6H3,(H2,12,13,14)/p-2. The quantitative estimate of drug-likeness (QED) is 0.522. The zero-order valence-corrected chi connectivity index (χ0v) is 11.0. The minimum atomic E-state index is -4.94. The molecule has 0 aliphatic carbocycles. The molecule has 1 unspecified atom stereocenters. The van der Waals surface area contributed by atoms with E-state index in [1.807, 2.05) is 0 Å². The van der Waals surface area contributed by atoms with E-state index in [4.69, 9.17) is 0 Å². The van der Waals surface area contributed by atoms with Crippen LogP contribution in [0.25, 0.3) is 0 Å². The largest absolute Gasteiger partial charge is 0.810 e. The van der Waals surface area contributed by atoms with E-state index in [0.717, 1.165) is 0 Å². The van der Waals surface area contributed by atoms with Crippen molar-refractivity contribution in [2.24, 2.45) is 5.41 Å². The van der Waals surface area contributed by atoms with Gasteiger partial charge in [0, 0.05) is 5.54 Å². The molecule has 0 aliphatic heterocycles. The average Bonchev–Trinajstić information content (AvgIpc) is 1.76. The van der Waals surface area contributed by atoms with Crippen molar-refractivity contribution < 1.29 is 19.6 Å². The molecule has 0 amide bonds. The van der Waals surface area contributed by atoms with Crippen molar-refractivity contribution in [3.63, 3.8) is 0 Å². The van der Waals surface area contributed by atoms with Crippen LogP contribution in [0.15, 0.2) is 0 Å². The van der Waals surface area contributed by atoms with Gasteiger partial charge in [0.1, 0.15) is 0 Å². The lowest BCUT2D eigenvalue weighted by Crippen LogP contribution is -2.53. The van der Waals surface area contributed by atoms with E-state index in [-0.39, 0.29) is 0 Å². The van der Waals surface area contributed by atoms with Gasteiger partial charge in [0.15, 0.2) is 0 Å². The third-order valence-electron chi connectivity index (χ3n) is 1.96. The highest BCUT2D eigenvalue weighted by Crippen LogP contribution is 2.46. The van der Waals surface area contributed by atoms with Crippen LogP contribution in [0, 0.1) is 5.41 Å². The molecule has 1 atom stereocenters. The van der Waals surface area contributed by atoms with Gasteiger partial charge in [-0.25, -0.2) is 0 Å². The van der Waals surface area contributed by atoms with Gasteiger partial charge in [0.25, 0.3) is 0 Å². The van der Waals surface area contributed by atoms with E-state index < -0.39 is 24.3 Å². The van der Waals surface area contributed by atoms with E-state index in [9.17, 15) is 19.6 Å². The maximum atomic E-state index is 11.8. The van der Waals surface area contributed by atoms with Gasteiger partial charge in [-0.3, -0.25) is 0 Å². The number of hydrogen-bond donors (Lipinski definition) is 0. The zero-order chi connectivity index (χ0) is 12.7. The van der Waals surface area contributed by atoms with Gasteiger partial charge >= 0.3 is 0 Å². The molecule has 15 heavy (non-hydrogen) atoms. The first-order valence-corrected chi connectivity index (χ1v) is 6.37. The molecule has 0 spiro atoms. The van der Waals surface area contributed by atoms with Crippen LogP contribution in [0.3, 0.4) is 0 Å². The second-order valence-corrected chi connectivity index (χ2v) is 7.34. The average molecular weight is 236 g/mol. The Kier molecular flexibility index (Phi) is 4.17. The molecular formula is C9H19NO4P-2. The molecule has 91 valence electrons. The van der Waals surface area contributed by atoms with E-state index in [1.165, 1.54) is 0 Å². The van der Waals surface area contributed by atoms with Gasteiger partial charge in [-0.05, 0) is 33.8 Å². The Morgan fingerprint density at radius 2 is 1.40 bits per heavy atom. The van der Waals surface area contributed by atoms with Crippen molar-refractivity contribution in [1.82, 2.24) is 5.06 Å². The van der Waals surface area contributed by atoms with Crippen LogP contribution in [-0.2, 0) is 9.77 Å². The fraction of sp³-hybridized carbons (Fsp3) is 1.00. The normalized spacial score (nSPS) is 16.9. The van der Waals surface area contributed by atoms with Gasteiger partial charge < -0.3 is 14.4 Å². The van der Waals surface area contributed by atoms with E-state index in [2.05, 4.69) is 0 Å². The number of hydroxylamine groups is 2. The maximum absolute atomic E-state index is 11.8. The molecule has 0 N–H and O–H groups in total. The van der Waals surface area contributed by atoms with Gasteiger partial charge in [0.05, 0.1) is 5.78 Å². The molecule has 0 saturated carbocycles. The zero-order valence-electron chi connectivity index (χ0n) is 10.1. The first kappa shape index (κ1) is 15.1. The lowest BCUT2D eigenvalue weighted by Gasteiger charge is -2.51. The second kappa shape index (κ2) is 4.15. The first-order chi connectivity index (χ1) is 6.28. The predicted molar refractivity (Wildman–Crippen MR) is 53.1 cm³/mol. The summed E-state index contributed by atoms with van der Waals surface area (Å²) in [6, 6.07) is 0. The SMILES string of the molecule is CC(C)(C)C(N([O])C(C)(C)C)P(=O)([O-])[O-]. The summed E-state index contributed by atoms with van der Waals surface area (Å²) in [7, 11) is -4.94. The summed E-state index contributed by atoms with van der Waals surface area (Å²) in [5.41, 5.74) is -1.80. The molecule has 0 aromatic carbocycles. The predicted octanol–water partition coefficient (Wildman–Crippen LogP) is 0.718. The Bertz CT molecular complexity index is 260. The second-order valence-electron chi connectivity index (χ2n) is 5.78. The van der Waals surface area contributed by atoms with E-state index in [1.54, 1.807) is 41.5 Å². The number of hydrogen-bond acceptors (Lipinski definition) is 4. The highest BCUT2D eigenvalue weighted by atomic mass is 31.2. The molecule has 0 saturated heterocycles. The molecule has 1 radical (unpaired) electrons. The Hall–Kier alpha value is 0.0700. The number of nitrogens with zero attached hydrogens (tertiary/aromatic N) is 1. The minimum absolute atomic E-state index is 0.383. The third-order valence-corrected chi connectivity index (χ3v) is 3.54. The molecule has 0 bridgehead atoms. The van der Waals surface area contributed by atoms with Crippen LogP contribution in [0.4, 0.5) is 0 Å². The van der Waals surface area contributed by atoms with Crippen LogP contribution in [0.2, 0.25) is 0 Å². The molecule has 5 nitrogen and oxygen atoms in total. The Morgan fingerprint density at radius 3 is 1.47 bits per heavy atom. The molecule has 0 fully saturated rings. The Morgan fingerprint density at radius 1 is 1.07 bits per heavy atom. The van der Waals surface area contributed by atoms with Gasteiger partial charge in [-0.2, -0.15) is 0 Å². The molecule has 0 aromatic heterocycles. The Labute approximate surface area is 91.2 Å². The van der Waals surface area contributed by atoms with E-state index in [0.29, 0.717) is 5.06 Å². The van der Waals surface area contributed by atoms with Crippen LogP contribution < -0.4 is 9.79 Å². The van der Waals surface area contributed by atoms with Crippen molar-refractivity contribution in [1.29, 1.82) is 0 Å². The van der Waals surface area contributed by atoms with Crippen LogP contribution in [0.5, 0.6) is 0 Å². The lowest BCUT2D eigenvalue weighted by atomic mass is 9.94. The molecule has 0 aromatic rings. The highest BCUT2D eigenvalue weighted by Gasteiger charge is 2.39. The van der Waals surface area contributed by atoms with Crippen molar-refractivity contribution in [3.8, 4) is 0 Å². The first-order valence-electron chi connectivity index (χ1n) is 4.76. The molecule has 6 heteroatoms. The smallest absolute Gasteiger partial charge is 0.0710 e. The van der Waals surface area contributed by atoms with Crippen molar-refractivity contribution in [2.75, 3.05) is 0 Å². The molecule has 0 rings (SSSR count). The lowest BCUT2D eigenvalue weighted by molar-refractivity contribution is -0.340. The van der Waals surface area contributed by atoms with Gasteiger partial charge in [0.2, 0.25) is 0 Å². The minimum Gasteiger partial charge on any atom is -0.810 e. The fourth-order valence-corrected chi connectivity index (χ4v) is 2.87. The summed E-state index contributed by atoms with van der Waals surface area (Å²) in [5.74, 6) is -1.54. The molecular weight excluding hydrogens is 217 g/mol. The summed E-state index contributed by atoms with van der Waals surface area (Å²) in [5, 5.41) is 12.2. The molecule has 0 aliphatic rings. The Balaban J connectivity index is 5.26. The summed E-state index contributed by atoms with van der Waals surface area (Å²) in [4.78, 5) is 22.2. The van der Waals surface area contributed by atoms with Crippen molar-refractivity contribution >= 4 is 7.60 Å². The summed E-state index contributed by atoms with van der Waals surface area (Å²) < 4.78 is 11.1. The molecule has 0 heterocycles.